The SMILES string of the molecule is CN[C@H](CCCN=C(N)NSc1c(C)c(C)c2c(c1C)CCC(C)(C)O2)C(=O)NCC(=O)OCc1ccccc1. The molecule has 2 aromatic carbocycles. The zero-order valence-corrected chi connectivity index (χ0v) is 25.3. The van der Waals surface area contributed by atoms with Crippen LogP contribution in [0.5, 0.6) is 5.75 Å². The lowest BCUT2D eigenvalue weighted by atomic mass is 9.88. The van der Waals surface area contributed by atoms with Gasteiger partial charge in [0, 0.05) is 11.4 Å². The fourth-order valence-electron chi connectivity index (χ4n) is 4.61. The molecule has 0 spiro atoms. The van der Waals surface area contributed by atoms with Crippen LogP contribution in [0.15, 0.2) is 40.2 Å². The molecule has 0 bridgehead atoms. The molecular weight excluding hydrogens is 526 g/mol. The molecule has 1 amide bonds. The maximum atomic E-state index is 12.5. The van der Waals surface area contributed by atoms with Gasteiger partial charge in [-0.05, 0) is 107 Å². The number of nitrogens with two attached hydrogens (primary N) is 1. The highest BCUT2D eigenvalue weighted by molar-refractivity contribution is 7.98. The molecule has 1 heterocycles. The second-order valence-corrected chi connectivity index (χ2v) is 11.5. The molecular formula is C30H43N5O4S. The number of esters is 1. The number of likely N-dealkylation sites (N-methyl/N-ethyl adjacent to an activating group) is 1. The molecule has 0 aliphatic carbocycles. The highest BCUT2D eigenvalue weighted by atomic mass is 32.2. The summed E-state index contributed by atoms with van der Waals surface area (Å²) in [5, 5.41) is 5.63. The summed E-state index contributed by atoms with van der Waals surface area (Å²) in [5.41, 5.74) is 11.7. The minimum absolute atomic E-state index is 0.151. The van der Waals surface area contributed by atoms with Crippen LogP contribution in [0.2, 0.25) is 0 Å². The first-order valence-corrected chi connectivity index (χ1v) is 14.5. The Hall–Kier alpha value is -3.24. The van der Waals surface area contributed by atoms with Crippen molar-refractivity contribution in [3.8, 4) is 5.75 Å². The van der Waals surface area contributed by atoms with Gasteiger partial charge in [-0.1, -0.05) is 30.3 Å². The van der Waals surface area contributed by atoms with Crippen molar-refractivity contribution in [3.63, 3.8) is 0 Å². The molecule has 40 heavy (non-hydrogen) atoms. The quantitative estimate of drug-likeness (QED) is 0.0998. The van der Waals surface area contributed by atoms with Crippen LogP contribution in [0.25, 0.3) is 0 Å². The number of hydrogen-bond acceptors (Lipinski definition) is 7. The first-order valence-electron chi connectivity index (χ1n) is 13.7. The molecule has 0 saturated carbocycles. The summed E-state index contributed by atoms with van der Waals surface area (Å²) in [5.74, 6) is 0.613. The van der Waals surface area contributed by atoms with E-state index < -0.39 is 12.0 Å². The number of carbonyl (C=O) groups is 2. The van der Waals surface area contributed by atoms with Gasteiger partial charge in [0.2, 0.25) is 5.91 Å². The van der Waals surface area contributed by atoms with Crippen LogP contribution in [-0.2, 0) is 27.4 Å². The number of ether oxygens (including phenoxy) is 2. The Morgan fingerprint density at radius 3 is 2.58 bits per heavy atom. The maximum absolute atomic E-state index is 12.5. The average molecular weight is 570 g/mol. The number of aliphatic imine (C=N–C) groups is 1. The molecule has 1 atom stereocenters. The minimum Gasteiger partial charge on any atom is -0.487 e. The van der Waals surface area contributed by atoms with Crippen LogP contribution < -0.4 is 25.8 Å². The molecule has 5 N–H and O–H groups in total. The first-order chi connectivity index (χ1) is 19.0. The van der Waals surface area contributed by atoms with Crippen molar-refractivity contribution in [1.82, 2.24) is 15.4 Å². The van der Waals surface area contributed by atoms with E-state index in [2.05, 4.69) is 55.0 Å². The van der Waals surface area contributed by atoms with Gasteiger partial charge in [-0.3, -0.25) is 19.3 Å². The number of guanidine groups is 1. The predicted molar refractivity (Wildman–Crippen MR) is 160 cm³/mol. The molecule has 1 aliphatic rings. The molecule has 0 fully saturated rings. The van der Waals surface area contributed by atoms with E-state index in [0.29, 0.717) is 25.3 Å². The van der Waals surface area contributed by atoms with Gasteiger partial charge in [-0.25, -0.2) is 0 Å². The van der Waals surface area contributed by atoms with Crippen molar-refractivity contribution < 1.29 is 19.1 Å². The van der Waals surface area contributed by atoms with Gasteiger partial charge in [0.1, 0.15) is 24.5 Å². The van der Waals surface area contributed by atoms with Gasteiger partial charge in [0.15, 0.2) is 5.96 Å². The number of amides is 1. The monoisotopic (exact) mass is 569 g/mol. The lowest BCUT2D eigenvalue weighted by Crippen LogP contribution is -2.44. The number of benzene rings is 2. The lowest BCUT2D eigenvalue weighted by molar-refractivity contribution is -0.145. The average Bonchev–Trinajstić information content (AvgIpc) is 2.93. The van der Waals surface area contributed by atoms with Gasteiger partial charge >= 0.3 is 5.97 Å². The van der Waals surface area contributed by atoms with E-state index >= 15 is 0 Å². The van der Waals surface area contributed by atoms with Gasteiger partial charge < -0.3 is 25.8 Å². The summed E-state index contributed by atoms with van der Waals surface area (Å²) < 4.78 is 14.7. The van der Waals surface area contributed by atoms with Gasteiger partial charge in [0.05, 0.1) is 6.04 Å². The Balaban J connectivity index is 1.42. The van der Waals surface area contributed by atoms with Crippen LogP contribution in [0.3, 0.4) is 0 Å². The van der Waals surface area contributed by atoms with Gasteiger partial charge in [-0.15, -0.1) is 0 Å². The Kier molecular flexibility index (Phi) is 11.3. The fraction of sp³-hybridized carbons (Fsp3) is 0.500. The van der Waals surface area contributed by atoms with Crippen LogP contribution >= 0.6 is 11.9 Å². The Morgan fingerprint density at radius 2 is 1.88 bits per heavy atom. The van der Waals surface area contributed by atoms with Crippen molar-refractivity contribution in [2.75, 3.05) is 20.1 Å². The first kappa shape index (κ1) is 31.3. The number of hydrogen-bond donors (Lipinski definition) is 4. The summed E-state index contributed by atoms with van der Waals surface area (Å²) in [6.45, 7) is 11.1. The molecule has 218 valence electrons. The Labute approximate surface area is 242 Å². The van der Waals surface area contributed by atoms with E-state index in [1.807, 2.05) is 30.3 Å². The zero-order chi connectivity index (χ0) is 29.3. The third kappa shape index (κ3) is 8.63. The Morgan fingerprint density at radius 1 is 1.15 bits per heavy atom. The van der Waals surface area contributed by atoms with E-state index in [1.165, 1.54) is 28.6 Å². The van der Waals surface area contributed by atoms with Crippen LogP contribution in [0.4, 0.5) is 0 Å². The molecule has 2 aromatic rings. The lowest BCUT2D eigenvalue weighted by Gasteiger charge is -2.35. The van der Waals surface area contributed by atoms with Crippen molar-refractivity contribution >= 4 is 29.8 Å². The maximum Gasteiger partial charge on any atom is 0.325 e. The van der Waals surface area contributed by atoms with Crippen LogP contribution in [0.1, 0.15) is 60.9 Å². The standard InChI is InChI=1S/C30H43N5O4S/c1-19-20(2)27(21(3)23-14-15-30(4,5)39-26(19)23)40-35-29(31)33-16-10-13-24(32-6)28(37)34-17-25(36)38-18-22-11-8-7-9-12-22/h7-9,11-12,24,32H,10,13-18H2,1-6H3,(H,34,37)(H3,31,33,35)/t24-/m1/s1. The van der Waals surface area contributed by atoms with E-state index in [1.54, 1.807) is 7.05 Å². The Bertz CT molecular complexity index is 1220. The van der Waals surface area contributed by atoms with E-state index in [0.717, 1.165) is 34.6 Å². The third-order valence-corrected chi connectivity index (χ3v) is 8.30. The molecule has 0 unspecified atom stereocenters. The highest BCUT2D eigenvalue weighted by Gasteiger charge is 2.30. The number of fused-ring (bicyclic) bond motifs is 1. The topological polar surface area (TPSA) is 127 Å². The molecule has 0 radical (unpaired) electrons. The van der Waals surface area contributed by atoms with Crippen LogP contribution in [0, 0.1) is 20.8 Å². The van der Waals surface area contributed by atoms with E-state index in [4.69, 9.17) is 15.2 Å². The second kappa shape index (κ2) is 14.4. The number of nitrogens with one attached hydrogen (secondary N) is 3. The minimum atomic E-state index is -0.482. The largest absolute Gasteiger partial charge is 0.487 e. The smallest absolute Gasteiger partial charge is 0.325 e. The molecule has 10 heteroatoms. The summed E-state index contributed by atoms with van der Waals surface area (Å²) in [4.78, 5) is 30.1. The normalized spacial score (nSPS) is 15.0. The predicted octanol–water partition coefficient (Wildman–Crippen LogP) is 3.85. The summed E-state index contributed by atoms with van der Waals surface area (Å²) >= 11 is 1.47. The van der Waals surface area contributed by atoms with Crippen molar-refractivity contribution in [3.05, 3.63) is 58.1 Å². The van der Waals surface area contributed by atoms with Gasteiger partial charge in [0.25, 0.3) is 0 Å². The van der Waals surface area contributed by atoms with Crippen molar-refractivity contribution in [2.24, 2.45) is 10.7 Å². The molecule has 9 nitrogen and oxygen atoms in total. The third-order valence-electron chi connectivity index (χ3n) is 7.17. The summed E-state index contributed by atoms with van der Waals surface area (Å²) in [7, 11) is 1.71. The van der Waals surface area contributed by atoms with E-state index in [9.17, 15) is 9.59 Å². The summed E-state index contributed by atoms with van der Waals surface area (Å²) in [6.07, 6.45) is 3.16. The number of nitrogens with zero attached hydrogens (tertiary/aromatic N) is 1. The van der Waals surface area contributed by atoms with Crippen molar-refractivity contribution in [1.29, 1.82) is 0 Å². The number of carbonyl (C=O) groups excluding carboxylic acids is 2. The highest BCUT2D eigenvalue weighted by Crippen LogP contribution is 2.43. The fourth-order valence-corrected chi connectivity index (χ4v) is 5.46. The van der Waals surface area contributed by atoms with Crippen molar-refractivity contribution in [2.45, 2.75) is 83.4 Å². The van der Waals surface area contributed by atoms with Gasteiger partial charge in [-0.2, -0.15) is 0 Å². The zero-order valence-electron chi connectivity index (χ0n) is 24.5. The summed E-state index contributed by atoms with van der Waals surface area (Å²) in [6, 6.07) is 8.95. The molecule has 3 rings (SSSR count). The molecule has 0 aromatic heterocycles. The second-order valence-electron chi connectivity index (χ2n) is 10.7. The van der Waals surface area contributed by atoms with E-state index in [-0.39, 0.29) is 24.7 Å². The molecule has 1 aliphatic heterocycles. The van der Waals surface area contributed by atoms with Crippen LogP contribution in [-0.4, -0.2) is 49.6 Å². The number of rotatable bonds is 12. The molecule has 0 saturated heterocycles.